The molecule has 17 heteroatoms. The maximum Gasteiger partial charge on any atom is 0.206 e. The van der Waals surface area contributed by atoms with Crippen LogP contribution in [0.25, 0.3) is 0 Å². The molecule has 2 fully saturated rings. The van der Waals surface area contributed by atoms with Crippen molar-refractivity contribution in [1.29, 1.82) is 0 Å². The Kier molecular flexibility index (Phi) is 22.3. The first-order valence-electron chi connectivity index (χ1n) is 21.3. The van der Waals surface area contributed by atoms with Gasteiger partial charge >= 0.3 is 0 Å². The molecule has 1 aromatic heterocycles. The minimum atomic E-state index is -0.109. The number of amidine groups is 1. The first-order valence-corrected chi connectivity index (χ1v) is 24.6. The van der Waals surface area contributed by atoms with E-state index in [1.54, 1.807) is 6.07 Å². The second-order valence-electron chi connectivity index (χ2n) is 15.5. The highest BCUT2D eigenvalue weighted by Gasteiger charge is 2.22. The molecule has 0 aliphatic carbocycles. The number of likely N-dealkylation sites (tertiary alicyclic amines) is 2. The van der Waals surface area contributed by atoms with Crippen molar-refractivity contribution in [2.75, 3.05) is 67.8 Å². The number of carbonyl (C=O) groups is 2. The molecule has 2 unspecified atom stereocenters. The Morgan fingerprint density at radius 3 is 1.88 bits per heavy atom. The molecular formula is C48H62BrN8O4PS3. The van der Waals surface area contributed by atoms with E-state index in [0.717, 1.165) is 65.0 Å². The molecule has 0 amide bonds. The van der Waals surface area contributed by atoms with E-state index in [2.05, 4.69) is 60.4 Å². The molecule has 5 aromatic rings. The zero-order valence-electron chi connectivity index (χ0n) is 37.8. The number of nitrogens with one attached hydrogen (secondary N) is 2. The number of Topliss-reactive ketones (excluding diaryl/α,β-unsaturated/α-hetero) is 1. The average molecular weight is 1020 g/mol. The number of carbonyl (C=O) groups excluding carboxylic acids is 2. The number of thiocarbonyl (C=S) groups is 1. The van der Waals surface area contributed by atoms with Gasteiger partial charge in [-0.05, 0) is 145 Å². The second kappa shape index (κ2) is 27.3. The van der Waals surface area contributed by atoms with Crippen molar-refractivity contribution in [3.8, 4) is 11.5 Å². The van der Waals surface area contributed by atoms with Crippen LogP contribution >= 0.6 is 61.1 Å². The number of anilines is 4. The van der Waals surface area contributed by atoms with Crippen molar-refractivity contribution in [2.24, 2.45) is 10.7 Å². The lowest BCUT2D eigenvalue weighted by Gasteiger charge is -2.19. The van der Waals surface area contributed by atoms with E-state index in [0.29, 0.717) is 49.9 Å². The molecule has 0 spiro atoms. The number of aliphatic imine (C=N–C) groups is 1. The third kappa shape index (κ3) is 17.4. The summed E-state index contributed by atoms with van der Waals surface area (Å²) in [6.45, 7) is 9.69. The molecule has 7 rings (SSSR count). The van der Waals surface area contributed by atoms with Gasteiger partial charge in [-0.15, -0.1) is 0 Å². The Morgan fingerprint density at radius 1 is 0.862 bits per heavy atom. The Balaban J connectivity index is 0.000000234. The van der Waals surface area contributed by atoms with Crippen molar-refractivity contribution in [1.82, 2.24) is 14.8 Å². The van der Waals surface area contributed by atoms with Crippen molar-refractivity contribution in [2.45, 2.75) is 58.5 Å². The van der Waals surface area contributed by atoms with Gasteiger partial charge in [-0.25, -0.2) is 4.98 Å². The van der Waals surface area contributed by atoms with E-state index in [-0.39, 0.29) is 27.3 Å². The number of rotatable bonds is 14. The molecule has 0 radical (unpaired) electrons. The second-order valence-corrected chi connectivity index (χ2v) is 18.8. The highest BCUT2D eigenvalue weighted by Crippen LogP contribution is 2.31. The number of ketones is 2. The fourth-order valence-electron chi connectivity index (χ4n) is 6.95. The largest absolute Gasteiger partial charge is 0.492 e. The van der Waals surface area contributed by atoms with Gasteiger partial charge in [0.25, 0.3) is 0 Å². The van der Waals surface area contributed by atoms with Gasteiger partial charge in [0, 0.05) is 34.6 Å². The van der Waals surface area contributed by atoms with Crippen LogP contribution in [0.15, 0.2) is 102 Å². The number of nitrogen functional groups attached to an aromatic ring is 1. The smallest absolute Gasteiger partial charge is 0.206 e. The molecule has 6 N–H and O–H groups in total. The van der Waals surface area contributed by atoms with Crippen LogP contribution in [-0.2, 0) is 0 Å². The predicted octanol–water partition coefficient (Wildman–Crippen LogP) is 10.0. The summed E-state index contributed by atoms with van der Waals surface area (Å²) in [5.74, 6) is 2.85. The van der Waals surface area contributed by atoms with E-state index in [1.807, 2.05) is 112 Å². The maximum absolute atomic E-state index is 12.8. The lowest BCUT2D eigenvalue weighted by Crippen LogP contribution is -2.30. The van der Waals surface area contributed by atoms with E-state index >= 15 is 0 Å². The van der Waals surface area contributed by atoms with Gasteiger partial charge in [-0.1, -0.05) is 93.5 Å². The lowest BCUT2D eigenvalue weighted by atomic mass is 10.1. The fraction of sp³-hybridized carbons (Fsp3) is 0.354. The first kappa shape index (κ1) is 53.2. The molecule has 3 atom stereocenters. The van der Waals surface area contributed by atoms with Gasteiger partial charge in [0.15, 0.2) is 21.2 Å². The number of likely N-dealkylation sites (N-methyl/N-ethyl adjacent to an activating group) is 2. The molecule has 65 heavy (non-hydrogen) atoms. The fourth-order valence-corrected chi connectivity index (χ4v) is 8.87. The average Bonchev–Trinajstić information content (AvgIpc) is 4.01. The number of aromatic nitrogens is 1. The number of nitrogens with zero attached hydrogens (tertiary/aromatic N) is 4. The zero-order valence-corrected chi connectivity index (χ0v) is 43.3. The summed E-state index contributed by atoms with van der Waals surface area (Å²) in [5, 5.41) is 8.11. The zero-order chi connectivity index (χ0) is 46.0. The van der Waals surface area contributed by atoms with Gasteiger partial charge in [-0.2, -0.15) is 14.9 Å². The van der Waals surface area contributed by atoms with Crippen LogP contribution in [0, 0.1) is 13.8 Å². The molecule has 3 heterocycles. The van der Waals surface area contributed by atoms with Crippen LogP contribution in [0.3, 0.4) is 0 Å². The third-order valence-electron chi connectivity index (χ3n) is 10.5. The summed E-state index contributed by atoms with van der Waals surface area (Å²) in [7, 11) is 4.30. The first-order chi connectivity index (χ1) is 30.8. The van der Waals surface area contributed by atoms with E-state index < -0.39 is 0 Å². The van der Waals surface area contributed by atoms with Gasteiger partial charge < -0.3 is 41.4 Å². The van der Waals surface area contributed by atoms with E-state index in [1.165, 1.54) is 48.8 Å². The van der Waals surface area contributed by atoms with Crippen molar-refractivity contribution >= 4 is 105 Å². The van der Waals surface area contributed by atoms with E-state index in [9.17, 15) is 9.59 Å². The number of hydrogen-bond donors (Lipinski definition) is 4. The minimum absolute atomic E-state index is 0. The summed E-state index contributed by atoms with van der Waals surface area (Å²) >= 11 is 11.0. The number of alkyl halides is 1. The molecule has 0 bridgehead atoms. The van der Waals surface area contributed by atoms with Crippen LogP contribution in [0.1, 0.15) is 69.3 Å². The number of benzene rings is 4. The predicted molar refractivity (Wildman–Crippen MR) is 286 cm³/mol. The van der Waals surface area contributed by atoms with Crippen LogP contribution in [0.5, 0.6) is 11.5 Å². The van der Waals surface area contributed by atoms with Crippen LogP contribution < -0.4 is 31.6 Å². The summed E-state index contributed by atoms with van der Waals surface area (Å²) in [4.78, 5) is 37.5. The summed E-state index contributed by atoms with van der Waals surface area (Å²) < 4.78 is 11.8. The molecule has 4 aromatic carbocycles. The summed E-state index contributed by atoms with van der Waals surface area (Å²) in [6, 6.07) is 31.6. The molecule has 0 saturated carbocycles. The van der Waals surface area contributed by atoms with Crippen LogP contribution in [-0.4, -0.2) is 100 Å². The molecule has 2 aliphatic heterocycles. The molecule has 2 saturated heterocycles. The molecule has 2 aliphatic rings. The number of nitrogens with two attached hydrogens (primary N) is 2. The lowest BCUT2D eigenvalue weighted by molar-refractivity contribution is 0.102. The number of thioether (sulfide) groups is 1. The standard InChI is InChI=1S/C23H26N4O2S.C16H24N4OS2.C9H9BrO.H3P/c1-15-5-3-6-16(13-15)20(28)21-22(24)26-23(30-21)25-17-8-10-19(11-9-17)29-14-18-7-4-12-27(18)2;1-3-23-15(17)19-16(22)18-12-6-8-14(9-7-12)21-11-13-5-4-10-20(13)2;1-7-3-2-4-8(5-7)9(11)6-10;/h3,5-6,8-11,13,18H,4,7,12,14,24H2,1-2H3,(H,25,26);6-9,13H,3-5,10-11H2,1-2H3,(H3,17,18,19,22);2-5H,6H2,1H3;1H3/t;13-;;/m.0../s1. The number of ether oxygens (including phenoxy) is 2. The SMILES string of the molecule is CCSC(N)=NC(=S)Nc1ccc(OC[C@@H]2CCCN2C)cc1.Cc1cccc(C(=O)CBr)c1.Cc1cccc(C(=O)c2sc(Nc3ccc(OCC4CCCN4C)cc3)nc2N)c1.P. The summed E-state index contributed by atoms with van der Waals surface area (Å²) in [6.07, 6.45) is 4.88. The maximum atomic E-state index is 12.8. The van der Waals surface area contributed by atoms with Gasteiger partial charge in [-0.3, -0.25) is 9.59 Å². The molecule has 12 nitrogen and oxygen atoms in total. The Labute approximate surface area is 409 Å². The highest BCUT2D eigenvalue weighted by atomic mass is 79.9. The van der Waals surface area contributed by atoms with Gasteiger partial charge in [0.05, 0.1) is 5.33 Å². The van der Waals surface area contributed by atoms with Crippen molar-refractivity contribution in [3.05, 3.63) is 124 Å². The van der Waals surface area contributed by atoms with Crippen LogP contribution in [0.4, 0.5) is 22.3 Å². The van der Waals surface area contributed by atoms with Crippen LogP contribution in [0.2, 0.25) is 0 Å². The van der Waals surface area contributed by atoms with Crippen molar-refractivity contribution < 1.29 is 19.1 Å². The quantitative estimate of drug-likeness (QED) is 0.0208. The normalized spacial score (nSPS) is 15.9. The number of thiazole rings is 1. The van der Waals surface area contributed by atoms with E-state index in [4.69, 9.17) is 33.2 Å². The number of hydrogen-bond acceptors (Lipinski definition) is 12. The number of aryl methyl sites for hydroxylation is 2. The van der Waals surface area contributed by atoms with Gasteiger partial charge in [0.1, 0.15) is 35.4 Å². The highest BCUT2D eigenvalue weighted by molar-refractivity contribution is 9.09. The van der Waals surface area contributed by atoms with Crippen molar-refractivity contribution in [3.63, 3.8) is 0 Å². The Morgan fingerprint density at radius 2 is 1.38 bits per heavy atom. The van der Waals surface area contributed by atoms with Gasteiger partial charge in [0.2, 0.25) is 5.78 Å². The number of halogens is 1. The topological polar surface area (TPSA) is 160 Å². The monoisotopic (exact) mass is 1020 g/mol. The Bertz CT molecular complexity index is 2330. The minimum Gasteiger partial charge on any atom is -0.492 e. The Hall–Kier alpha value is -4.41. The third-order valence-corrected chi connectivity index (χ3v) is 12.9. The molecule has 348 valence electrons. The molecular weight excluding hydrogens is 960 g/mol. The summed E-state index contributed by atoms with van der Waals surface area (Å²) in [5.41, 5.74) is 17.0.